The Hall–Kier alpha value is -2.43. The Bertz CT molecular complexity index is 737. The van der Waals surface area contributed by atoms with E-state index in [0.29, 0.717) is 5.92 Å². The number of methoxy groups -OCH3 is 1. The van der Waals surface area contributed by atoms with Crippen LogP contribution in [0.5, 0.6) is 0 Å². The van der Waals surface area contributed by atoms with Gasteiger partial charge in [0.05, 0.1) is 7.11 Å². The molecule has 0 saturated carbocycles. The fourth-order valence-electron chi connectivity index (χ4n) is 2.96. The van der Waals surface area contributed by atoms with Gasteiger partial charge in [0.15, 0.2) is 0 Å². The molecule has 0 radical (unpaired) electrons. The molecule has 2 aromatic rings. The first kappa shape index (κ1) is 15.5. The van der Waals surface area contributed by atoms with Crippen LogP contribution in [0, 0.1) is 11.7 Å². The van der Waals surface area contributed by atoms with Gasteiger partial charge in [-0.2, -0.15) is 0 Å². The van der Waals surface area contributed by atoms with Crippen LogP contribution in [0.1, 0.15) is 12.8 Å². The number of halogens is 1. The molecule has 0 bridgehead atoms. The first-order chi connectivity index (χ1) is 11.2. The minimum Gasteiger partial charge on any atom is -0.466 e. The van der Waals surface area contributed by atoms with Gasteiger partial charge < -0.3 is 9.64 Å². The number of hydrogen-bond donors (Lipinski definition) is 0. The molecule has 5 heteroatoms. The van der Waals surface area contributed by atoms with Crippen LogP contribution in [0.3, 0.4) is 0 Å². The van der Waals surface area contributed by atoms with Crippen LogP contribution < -0.4 is 4.90 Å². The summed E-state index contributed by atoms with van der Waals surface area (Å²) < 4.78 is 18.2. The third-order valence-corrected chi connectivity index (χ3v) is 4.25. The summed E-state index contributed by atoms with van der Waals surface area (Å²) in [7, 11) is 1.38. The zero-order valence-electron chi connectivity index (χ0n) is 13.0. The predicted octanol–water partition coefficient (Wildman–Crippen LogP) is 3.32. The zero-order chi connectivity index (χ0) is 16.2. The Kier molecular flexibility index (Phi) is 4.55. The number of carbonyl (C=O) groups is 1. The van der Waals surface area contributed by atoms with Crippen LogP contribution in [0.25, 0.3) is 10.8 Å². The minimum atomic E-state index is -0.321. The first-order valence-electron chi connectivity index (χ1n) is 7.73. The Morgan fingerprint density at radius 1 is 1.35 bits per heavy atom. The minimum absolute atomic E-state index is 0.248. The molecule has 23 heavy (non-hydrogen) atoms. The number of anilines is 1. The highest BCUT2D eigenvalue weighted by molar-refractivity contribution is 5.92. The largest absolute Gasteiger partial charge is 0.466 e. The SMILES string of the molecule is COC(=O)/C=C\C1CCN(c2nccc3ccc(F)cc23)CC1. The van der Waals surface area contributed by atoms with Crippen molar-refractivity contribution in [1.82, 2.24) is 4.98 Å². The average Bonchev–Trinajstić information content (AvgIpc) is 2.59. The molecule has 0 N–H and O–H groups in total. The lowest BCUT2D eigenvalue weighted by atomic mass is 9.96. The van der Waals surface area contributed by atoms with E-state index < -0.39 is 0 Å². The molecular formula is C18H19FN2O2. The van der Waals surface area contributed by atoms with Crippen molar-refractivity contribution in [2.24, 2.45) is 5.92 Å². The van der Waals surface area contributed by atoms with Crippen LogP contribution >= 0.6 is 0 Å². The van der Waals surface area contributed by atoms with E-state index >= 15 is 0 Å². The van der Waals surface area contributed by atoms with Crippen LogP contribution in [0.2, 0.25) is 0 Å². The molecule has 0 amide bonds. The summed E-state index contributed by atoms with van der Waals surface area (Å²) in [6.45, 7) is 1.66. The summed E-state index contributed by atoms with van der Waals surface area (Å²) in [5.41, 5.74) is 0. The molecule has 0 unspecified atom stereocenters. The molecule has 4 nitrogen and oxygen atoms in total. The Morgan fingerprint density at radius 2 is 2.13 bits per heavy atom. The van der Waals surface area contributed by atoms with Crippen molar-refractivity contribution in [3.05, 3.63) is 48.4 Å². The van der Waals surface area contributed by atoms with Gasteiger partial charge in [-0.05, 0) is 42.3 Å². The number of piperidine rings is 1. The lowest BCUT2D eigenvalue weighted by molar-refractivity contribution is -0.134. The van der Waals surface area contributed by atoms with Gasteiger partial charge in [0.25, 0.3) is 0 Å². The van der Waals surface area contributed by atoms with Gasteiger partial charge in [0.2, 0.25) is 0 Å². The predicted molar refractivity (Wildman–Crippen MR) is 87.8 cm³/mol. The van der Waals surface area contributed by atoms with E-state index in [-0.39, 0.29) is 11.8 Å². The van der Waals surface area contributed by atoms with Crippen molar-refractivity contribution in [3.8, 4) is 0 Å². The quantitative estimate of drug-likeness (QED) is 0.644. The second-order valence-corrected chi connectivity index (χ2v) is 5.71. The average molecular weight is 314 g/mol. The summed E-state index contributed by atoms with van der Waals surface area (Å²) in [6, 6.07) is 6.68. The Balaban J connectivity index is 1.74. The van der Waals surface area contributed by atoms with E-state index in [9.17, 15) is 9.18 Å². The number of nitrogens with zero attached hydrogens (tertiary/aromatic N) is 2. The van der Waals surface area contributed by atoms with Gasteiger partial charge in [-0.1, -0.05) is 12.1 Å². The summed E-state index contributed by atoms with van der Waals surface area (Å²) in [6.07, 6.45) is 7.03. The number of hydrogen-bond acceptors (Lipinski definition) is 4. The van der Waals surface area contributed by atoms with Crippen molar-refractivity contribution in [2.45, 2.75) is 12.8 Å². The Labute approximate surface area is 134 Å². The summed E-state index contributed by atoms with van der Waals surface area (Å²) >= 11 is 0. The van der Waals surface area contributed by atoms with E-state index in [1.165, 1.54) is 19.3 Å². The standard InChI is InChI=1S/C18H19FN2O2/c1-23-17(22)5-2-13-7-10-21(11-8-13)18-16-12-15(19)4-3-14(16)6-9-20-18/h2-6,9,12-13H,7-8,10-11H2,1H3/b5-2-. The number of pyridine rings is 1. The number of rotatable bonds is 3. The van der Waals surface area contributed by atoms with E-state index in [2.05, 4.69) is 14.6 Å². The summed E-state index contributed by atoms with van der Waals surface area (Å²) in [5.74, 6) is 0.621. The maximum absolute atomic E-state index is 13.6. The van der Waals surface area contributed by atoms with Crippen molar-refractivity contribution in [3.63, 3.8) is 0 Å². The smallest absolute Gasteiger partial charge is 0.330 e. The van der Waals surface area contributed by atoms with Crippen molar-refractivity contribution in [2.75, 3.05) is 25.1 Å². The first-order valence-corrected chi connectivity index (χ1v) is 7.73. The lowest BCUT2D eigenvalue weighted by Crippen LogP contribution is -2.33. The molecule has 1 aliphatic rings. The number of benzene rings is 1. The van der Waals surface area contributed by atoms with Crippen LogP contribution in [0.15, 0.2) is 42.6 Å². The number of carbonyl (C=O) groups excluding carboxylic acids is 1. The van der Waals surface area contributed by atoms with Gasteiger partial charge in [-0.25, -0.2) is 14.2 Å². The summed E-state index contributed by atoms with van der Waals surface area (Å²) in [4.78, 5) is 17.8. The number of ether oxygens (including phenoxy) is 1. The molecule has 0 atom stereocenters. The topological polar surface area (TPSA) is 42.4 Å². The van der Waals surface area contributed by atoms with E-state index in [0.717, 1.165) is 42.5 Å². The molecular weight excluding hydrogens is 295 g/mol. The second kappa shape index (κ2) is 6.77. The molecule has 2 heterocycles. The summed E-state index contributed by atoms with van der Waals surface area (Å²) in [5, 5.41) is 1.83. The zero-order valence-corrected chi connectivity index (χ0v) is 13.0. The van der Waals surface area contributed by atoms with Crippen molar-refractivity contribution >= 4 is 22.6 Å². The van der Waals surface area contributed by atoms with Gasteiger partial charge >= 0.3 is 5.97 Å². The molecule has 0 aliphatic carbocycles. The van der Waals surface area contributed by atoms with Gasteiger partial charge in [0, 0.05) is 30.7 Å². The third-order valence-electron chi connectivity index (χ3n) is 4.25. The number of fused-ring (bicyclic) bond motifs is 1. The maximum Gasteiger partial charge on any atom is 0.330 e. The second-order valence-electron chi connectivity index (χ2n) is 5.71. The Morgan fingerprint density at radius 3 is 2.87 bits per heavy atom. The molecule has 120 valence electrons. The van der Waals surface area contributed by atoms with Gasteiger partial charge in [0.1, 0.15) is 11.6 Å². The lowest BCUT2D eigenvalue weighted by Gasteiger charge is -2.32. The van der Waals surface area contributed by atoms with Gasteiger partial charge in [-0.3, -0.25) is 0 Å². The third kappa shape index (κ3) is 3.50. The van der Waals surface area contributed by atoms with E-state index in [1.807, 2.05) is 12.1 Å². The maximum atomic E-state index is 13.6. The molecule has 1 aliphatic heterocycles. The molecule has 1 saturated heterocycles. The highest BCUT2D eigenvalue weighted by Crippen LogP contribution is 2.29. The highest BCUT2D eigenvalue weighted by Gasteiger charge is 2.20. The van der Waals surface area contributed by atoms with Crippen molar-refractivity contribution in [1.29, 1.82) is 0 Å². The molecule has 1 aromatic carbocycles. The van der Waals surface area contributed by atoms with Crippen molar-refractivity contribution < 1.29 is 13.9 Å². The monoisotopic (exact) mass is 314 g/mol. The fraction of sp³-hybridized carbons (Fsp3) is 0.333. The normalized spacial score (nSPS) is 16.2. The molecule has 3 rings (SSSR count). The molecule has 1 aromatic heterocycles. The van der Waals surface area contributed by atoms with Crippen LogP contribution in [0.4, 0.5) is 10.2 Å². The van der Waals surface area contributed by atoms with Crippen LogP contribution in [-0.4, -0.2) is 31.2 Å². The number of allylic oxidation sites excluding steroid dienone is 1. The van der Waals surface area contributed by atoms with Gasteiger partial charge in [-0.15, -0.1) is 0 Å². The van der Waals surface area contributed by atoms with E-state index in [1.54, 1.807) is 18.3 Å². The van der Waals surface area contributed by atoms with E-state index in [4.69, 9.17) is 0 Å². The molecule has 0 spiro atoms. The van der Waals surface area contributed by atoms with Crippen LogP contribution in [-0.2, 0) is 9.53 Å². The fourth-order valence-corrected chi connectivity index (χ4v) is 2.96. The highest BCUT2D eigenvalue weighted by atomic mass is 19.1. The number of aromatic nitrogens is 1. The number of esters is 1. The molecule has 1 fully saturated rings.